The molecular formula is C16H20FNO3. The van der Waals surface area contributed by atoms with Gasteiger partial charge in [0.1, 0.15) is 5.82 Å². The van der Waals surface area contributed by atoms with Gasteiger partial charge in [0.2, 0.25) is 0 Å². The summed E-state index contributed by atoms with van der Waals surface area (Å²) in [4.78, 5) is 12.1. The first kappa shape index (κ1) is 17.2. The molecule has 0 unspecified atom stereocenters. The van der Waals surface area contributed by atoms with E-state index in [2.05, 4.69) is 17.2 Å². The van der Waals surface area contributed by atoms with E-state index in [9.17, 15) is 9.18 Å². The molecule has 0 heterocycles. The molecule has 0 aliphatic carbocycles. The van der Waals surface area contributed by atoms with Crippen molar-refractivity contribution in [2.75, 3.05) is 26.9 Å². The number of methoxy groups -OCH3 is 1. The average molecular weight is 293 g/mol. The molecule has 1 aromatic carbocycles. The van der Waals surface area contributed by atoms with Crippen molar-refractivity contribution in [1.82, 2.24) is 5.32 Å². The molecule has 0 atom stereocenters. The molecule has 0 radical (unpaired) electrons. The molecule has 0 spiro atoms. The van der Waals surface area contributed by atoms with E-state index in [1.54, 1.807) is 7.11 Å². The molecule has 1 aromatic rings. The molecule has 0 saturated heterocycles. The lowest BCUT2D eigenvalue weighted by Crippen LogP contribution is -2.25. The lowest BCUT2D eigenvalue weighted by Gasteiger charge is -2.07. The third-order valence-electron chi connectivity index (χ3n) is 2.75. The van der Waals surface area contributed by atoms with Gasteiger partial charge in [0.05, 0.1) is 12.2 Å². The fraction of sp³-hybridized carbons (Fsp3) is 0.438. The third kappa shape index (κ3) is 6.39. The van der Waals surface area contributed by atoms with Crippen molar-refractivity contribution in [3.8, 4) is 11.8 Å². The van der Waals surface area contributed by atoms with Crippen LogP contribution >= 0.6 is 0 Å². The Morgan fingerprint density at radius 1 is 1.43 bits per heavy atom. The zero-order valence-corrected chi connectivity index (χ0v) is 12.1. The Morgan fingerprint density at radius 3 is 2.95 bits per heavy atom. The van der Waals surface area contributed by atoms with E-state index in [-0.39, 0.29) is 18.9 Å². The van der Waals surface area contributed by atoms with E-state index in [0.717, 1.165) is 12.8 Å². The van der Waals surface area contributed by atoms with Gasteiger partial charge in [-0.1, -0.05) is 11.8 Å². The highest BCUT2D eigenvalue weighted by Crippen LogP contribution is 2.10. The zero-order valence-electron chi connectivity index (χ0n) is 12.1. The Bertz CT molecular complexity index is 520. The monoisotopic (exact) mass is 293 g/mol. The standard InChI is InChI=1S/C16H20FNO3/c1-21-11-5-3-9-18-16(20)15-8-7-14(17)12-13(15)6-2-4-10-19/h7-8,12,19H,3-5,9-11H2,1H3,(H,18,20). The number of amides is 1. The first-order valence-electron chi connectivity index (χ1n) is 6.85. The van der Waals surface area contributed by atoms with Crippen LogP contribution in [-0.4, -0.2) is 37.9 Å². The number of carbonyl (C=O) groups excluding carboxylic acids is 1. The Kier molecular flexibility index (Phi) is 8.10. The maximum Gasteiger partial charge on any atom is 0.252 e. The van der Waals surface area contributed by atoms with Gasteiger partial charge in [-0.05, 0) is 31.0 Å². The number of carbonyl (C=O) groups is 1. The molecule has 1 amide bonds. The summed E-state index contributed by atoms with van der Waals surface area (Å²) in [6, 6.07) is 3.88. The summed E-state index contributed by atoms with van der Waals surface area (Å²) in [5, 5.41) is 11.5. The third-order valence-corrected chi connectivity index (χ3v) is 2.75. The van der Waals surface area contributed by atoms with Gasteiger partial charge in [-0.2, -0.15) is 0 Å². The minimum Gasteiger partial charge on any atom is -0.395 e. The van der Waals surface area contributed by atoms with E-state index < -0.39 is 5.82 Å². The summed E-state index contributed by atoms with van der Waals surface area (Å²) in [5.41, 5.74) is 0.673. The number of halogens is 1. The molecule has 114 valence electrons. The lowest BCUT2D eigenvalue weighted by atomic mass is 10.1. The van der Waals surface area contributed by atoms with Crippen LogP contribution in [0, 0.1) is 17.7 Å². The predicted octanol–water partition coefficient (Wildman–Crippen LogP) is 1.72. The number of aliphatic hydroxyl groups is 1. The fourth-order valence-electron chi connectivity index (χ4n) is 1.70. The molecule has 0 saturated carbocycles. The molecule has 2 N–H and O–H groups in total. The molecule has 0 aliphatic heterocycles. The van der Waals surface area contributed by atoms with Crippen LogP contribution in [0.4, 0.5) is 4.39 Å². The van der Waals surface area contributed by atoms with Crippen molar-refractivity contribution in [2.24, 2.45) is 0 Å². The molecule has 4 nitrogen and oxygen atoms in total. The van der Waals surface area contributed by atoms with Gasteiger partial charge >= 0.3 is 0 Å². The minimum absolute atomic E-state index is 0.0661. The highest BCUT2D eigenvalue weighted by molar-refractivity contribution is 5.96. The molecule has 0 aliphatic rings. The van der Waals surface area contributed by atoms with Gasteiger partial charge in [0.15, 0.2) is 0 Å². The van der Waals surface area contributed by atoms with E-state index in [1.165, 1.54) is 18.2 Å². The van der Waals surface area contributed by atoms with Gasteiger partial charge in [0.25, 0.3) is 5.91 Å². The van der Waals surface area contributed by atoms with Crippen molar-refractivity contribution >= 4 is 5.91 Å². The van der Waals surface area contributed by atoms with Gasteiger partial charge in [-0.3, -0.25) is 4.79 Å². The van der Waals surface area contributed by atoms with Crippen LogP contribution in [0.3, 0.4) is 0 Å². The first-order valence-corrected chi connectivity index (χ1v) is 6.85. The molecule has 0 bridgehead atoms. The van der Waals surface area contributed by atoms with Crippen LogP contribution < -0.4 is 5.32 Å². The SMILES string of the molecule is COCCCCNC(=O)c1ccc(F)cc1C#CCCO. The number of benzene rings is 1. The maximum absolute atomic E-state index is 13.2. The van der Waals surface area contributed by atoms with Crippen molar-refractivity contribution in [1.29, 1.82) is 0 Å². The summed E-state index contributed by atoms with van der Waals surface area (Å²) >= 11 is 0. The smallest absolute Gasteiger partial charge is 0.252 e. The maximum atomic E-state index is 13.2. The second kappa shape index (κ2) is 9.92. The average Bonchev–Trinajstić information content (AvgIpc) is 2.47. The number of ether oxygens (including phenoxy) is 1. The molecule has 21 heavy (non-hydrogen) atoms. The Balaban J connectivity index is 2.68. The summed E-state index contributed by atoms with van der Waals surface area (Å²) in [5.74, 6) is 4.69. The van der Waals surface area contributed by atoms with Crippen LogP contribution in [-0.2, 0) is 4.74 Å². The van der Waals surface area contributed by atoms with E-state index in [0.29, 0.717) is 24.3 Å². The van der Waals surface area contributed by atoms with Crippen molar-refractivity contribution < 1.29 is 19.0 Å². The number of hydrogen-bond acceptors (Lipinski definition) is 3. The van der Waals surface area contributed by atoms with E-state index >= 15 is 0 Å². The van der Waals surface area contributed by atoms with E-state index in [1.807, 2.05) is 0 Å². The Hall–Kier alpha value is -1.90. The predicted molar refractivity (Wildman–Crippen MR) is 78.4 cm³/mol. The largest absolute Gasteiger partial charge is 0.395 e. The molecule has 0 fully saturated rings. The van der Waals surface area contributed by atoms with Crippen LogP contribution in [0.1, 0.15) is 35.2 Å². The van der Waals surface area contributed by atoms with Gasteiger partial charge < -0.3 is 15.2 Å². The Labute approximate surface area is 124 Å². The normalized spacial score (nSPS) is 9.86. The number of aliphatic hydroxyl groups excluding tert-OH is 1. The van der Waals surface area contributed by atoms with Crippen LogP contribution in [0.15, 0.2) is 18.2 Å². The number of nitrogens with one attached hydrogen (secondary N) is 1. The summed E-state index contributed by atoms with van der Waals surface area (Å²) < 4.78 is 18.2. The minimum atomic E-state index is -0.444. The van der Waals surface area contributed by atoms with Gasteiger partial charge in [-0.25, -0.2) is 4.39 Å². The molecule has 1 rings (SSSR count). The molecule has 5 heteroatoms. The number of rotatable bonds is 7. The quantitative estimate of drug-likeness (QED) is 0.594. The van der Waals surface area contributed by atoms with Crippen molar-refractivity contribution in [2.45, 2.75) is 19.3 Å². The van der Waals surface area contributed by atoms with Crippen LogP contribution in [0.5, 0.6) is 0 Å². The van der Waals surface area contributed by atoms with Gasteiger partial charge in [-0.15, -0.1) is 0 Å². The summed E-state index contributed by atoms with van der Waals surface area (Å²) in [7, 11) is 1.63. The number of hydrogen-bond donors (Lipinski definition) is 2. The first-order chi connectivity index (χ1) is 10.2. The highest BCUT2D eigenvalue weighted by atomic mass is 19.1. The summed E-state index contributed by atoms with van der Waals surface area (Å²) in [6.07, 6.45) is 1.96. The molecule has 0 aromatic heterocycles. The Morgan fingerprint density at radius 2 is 2.24 bits per heavy atom. The fourth-order valence-corrected chi connectivity index (χ4v) is 1.70. The van der Waals surface area contributed by atoms with E-state index in [4.69, 9.17) is 9.84 Å². The lowest BCUT2D eigenvalue weighted by molar-refractivity contribution is 0.0951. The van der Waals surface area contributed by atoms with Gasteiger partial charge in [0, 0.05) is 32.2 Å². The second-order valence-corrected chi connectivity index (χ2v) is 4.42. The zero-order chi connectivity index (χ0) is 15.5. The van der Waals surface area contributed by atoms with Crippen LogP contribution in [0.2, 0.25) is 0 Å². The van der Waals surface area contributed by atoms with Crippen molar-refractivity contribution in [3.63, 3.8) is 0 Å². The van der Waals surface area contributed by atoms with Crippen LogP contribution in [0.25, 0.3) is 0 Å². The number of unbranched alkanes of at least 4 members (excludes halogenated alkanes) is 1. The summed E-state index contributed by atoms with van der Waals surface area (Å²) in [6.45, 7) is 1.12. The second-order valence-electron chi connectivity index (χ2n) is 4.42. The molecular weight excluding hydrogens is 273 g/mol. The topological polar surface area (TPSA) is 58.6 Å². The van der Waals surface area contributed by atoms with Crippen molar-refractivity contribution in [3.05, 3.63) is 35.1 Å². The highest BCUT2D eigenvalue weighted by Gasteiger charge is 2.10.